The summed E-state index contributed by atoms with van der Waals surface area (Å²) in [5.41, 5.74) is 0. The largest absolute Gasteiger partial charge is 0.379 e. The maximum atomic E-state index is 5.30. The lowest BCUT2D eigenvalue weighted by Gasteiger charge is -2.06. The molecule has 0 spiro atoms. The summed E-state index contributed by atoms with van der Waals surface area (Å²) < 4.78 is 25.9. The average Bonchev–Trinajstić information content (AvgIpc) is 2.35. The molecule has 0 aliphatic carbocycles. The topological polar surface area (TPSA) is 46.2 Å². The average molecular weight is 268 g/mol. The van der Waals surface area contributed by atoms with Crippen molar-refractivity contribution in [1.29, 1.82) is 0 Å². The van der Waals surface area contributed by atoms with Crippen LogP contribution in [0.1, 0.15) is 6.92 Å². The van der Waals surface area contributed by atoms with Crippen LogP contribution in [0.4, 0.5) is 0 Å². The Balaban J connectivity index is 2.85. The quantitative estimate of drug-likeness (QED) is 0.289. The van der Waals surface area contributed by atoms with Crippen LogP contribution in [-0.2, 0) is 23.7 Å². The molecule has 104 valence electrons. The minimum absolute atomic E-state index is 0.430. The van der Waals surface area contributed by atoms with Crippen LogP contribution in [0.15, 0.2) is 0 Å². The van der Waals surface area contributed by atoms with Crippen molar-refractivity contribution in [3.8, 4) is 0 Å². The van der Waals surface area contributed by atoms with Crippen LogP contribution >= 0.6 is 12.6 Å². The first kappa shape index (κ1) is 17.2. The van der Waals surface area contributed by atoms with Gasteiger partial charge in [0.05, 0.1) is 58.8 Å². The summed E-state index contributed by atoms with van der Waals surface area (Å²) in [6, 6.07) is 0. The molecule has 0 heterocycles. The van der Waals surface area contributed by atoms with Gasteiger partial charge in [-0.2, -0.15) is 12.6 Å². The van der Waals surface area contributed by atoms with Gasteiger partial charge in [0.2, 0.25) is 0 Å². The zero-order valence-corrected chi connectivity index (χ0v) is 11.5. The molecule has 0 atom stereocenters. The van der Waals surface area contributed by atoms with Crippen molar-refractivity contribution in [3.63, 3.8) is 0 Å². The highest BCUT2D eigenvalue weighted by Crippen LogP contribution is 1.84. The van der Waals surface area contributed by atoms with Crippen LogP contribution in [-0.4, -0.2) is 65.4 Å². The number of rotatable bonds is 14. The van der Waals surface area contributed by atoms with E-state index in [2.05, 4.69) is 12.6 Å². The van der Waals surface area contributed by atoms with Crippen molar-refractivity contribution in [2.24, 2.45) is 0 Å². The Kier molecular flexibility index (Phi) is 16.3. The summed E-state index contributed by atoms with van der Waals surface area (Å²) in [5.74, 6) is 0.430. The van der Waals surface area contributed by atoms with E-state index < -0.39 is 0 Å². The molecule has 0 aromatic rings. The maximum Gasteiger partial charge on any atom is 0.0893 e. The number of hydrogen-bond donors (Lipinski definition) is 1. The normalized spacial score (nSPS) is 10.9. The lowest BCUT2D eigenvalue weighted by atomic mass is 10.7. The first-order chi connectivity index (χ1) is 8.41. The molecule has 0 saturated carbocycles. The SMILES string of the molecule is CCOCCOCCOCCOCCOCS. The van der Waals surface area contributed by atoms with Crippen molar-refractivity contribution < 1.29 is 23.7 Å². The van der Waals surface area contributed by atoms with E-state index in [9.17, 15) is 0 Å². The molecule has 0 fully saturated rings. The van der Waals surface area contributed by atoms with Crippen LogP contribution < -0.4 is 0 Å². The van der Waals surface area contributed by atoms with Crippen molar-refractivity contribution in [2.45, 2.75) is 6.92 Å². The molecule has 0 rings (SSSR count). The van der Waals surface area contributed by atoms with Crippen molar-refractivity contribution in [3.05, 3.63) is 0 Å². The van der Waals surface area contributed by atoms with Crippen molar-refractivity contribution in [1.82, 2.24) is 0 Å². The van der Waals surface area contributed by atoms with E-state index >= 15 is 0 Å². The Labute approximate surface area is 109 Å². The molecule has 6 heteroatoms. The zero-order valence-electron chi connectivity index (χ0n) is 10.6. The predicted molar refractivity (Wildman–Crippen MR) is 68.8 cm³/mol. The smallest absolute Gasteiger partial charge is 0.0893 e. The molecule has 0 saturated heterocycles. The Morgan fingerprint density at radius 3 is 1.29 bits per heavy atom. The second kappa shape index (κ2) is 16.1. The molecule has 0 unspecified atom stereocenters. The third-order valence-corrected chi connectivity index (χ3v) is 1.97. The van der Waals surface area contributed by atoms with E-state index in [1.165, 1.54) is 0 Å². The van der Waals surface area contributed by atoms with E-state index in [1.807, 2.05) is 6.92 Å². The van der Waals surface area contributed by atoms with Crippen LogP contribution in [0, 0.1) is 0 Å². The molecular weight excluding hydrogens is 244 g/mol. The van der Waals surface area contributed by atoms with Crippen LogP contribution in [0.3, 0.4) is 0 Å². The number of ether oxygens (including phenoxy) is 5. The molecule has 0 aromatic heterocycles. The Morgan fingerprint density at radius 2 is 0.941 bits per heavy atom. The number of hydrogen-bond acceptors (Lipinski definition) is 6. The van der Waals surface area contributed by atoms with Gasteiger partial charge in [-0.25, -0.2) is 0 Å². The van der Waals surface area contributed by atoms with Gasteiger partial charge in [-0.3, -0.25) is 0 Å². The van der Waals surface area contributed by atoms with Crippen LogP contribution in [0.2, 0.25) is 0 Å². The molecule has 0 aromatic carbocycles. The standard InChI is InChI=1S/C11H24O5S/c1-2-12-3-4-13-5-6-14-7-8-15-9-10-16-11-17/h17H,2-11H2,1H3. The third kappa shape index (κ3) is 16.1. The minimum atomic E-state index is 0.430. The Morgan fingerprint density at radius 1 is 0.588 bits per heavy atom. The molecule has 0 bridgehead atoms. The minimum Gasteiger partial charge on any atom is -0.379 e. The van der Waals surface area contributed by atoms with E-state index in [-0.39, 0.29) is 0 Å². The van der Waals surface area contributed by atoms with Crippen LogP contribution in [0.25, 0.3) is 0 Å². The summed E-state index contributed by atoms with van der Waals surface area (Å²) in [6.07, 6.45) is 0. The molecule has 0 aliphatic rings. The van der Waals surface area contributed by atoms with Gasteiger partial charge >= 0.3 is 0 Å². The van der Waals surface area contributed by atoms with Crippen molar-refractivity contribution in [2.75, 3.05) is 65.4 Å². The van der Waals surface area contributed by atoms with Gasteiger partial charge in [-0.1, -0.05) is 0 Å². The summed E-state index contributed by atoms with van der Waals surface area (Å²) in [5, 5.41) is 0. The fraction of sp³-hybridized carbons (Fsp3) is 1.00. The summed E-state index contributed by atoms with van der Waals surface area (Å²) >= 11 is 3.91. The highest BCUT2D eigenvalue weighted by Gasteiger charge is 1.92. The third-order valence-electron chi connectivity index (χ3n) is 1.78. The fourth-order valence-electron chi connectivity index (χ4n) is 0.986. The fourth-order valence-corrected chi connectivity index (χ4v) is 1.12. The summed E-state index contributed by atoms with van der Waals surface area (Å²) in [4.78, 5) is 0. The summed E-state index contributed by atoms with van der Waals surface area (Å²) in [6.45, 7) is 7.44. The van der Waals surface area contributed by atoms with Gasteiger partial charge in [-0.15, -0.1) is 0 Å². The van der Waals surface area contributed by atoms with Gasteiger partial charge < -0.3 is 23.7 Å². The van der Waals surface area contributed by atoms with E-state index in [0.29, 0.717) is 58.8 Å². The highest BCUT2D eigenvalue weighted by molar-refractivity contribution is 7.80. The van der Waals surface area contributed by atoms with Gasteiger partial charge in [0.1, 0.15) is 0 Å². The van der Waals surface area contributed by atoms with Gasteiger partial charge in [-0.05, 0) is 6.92 Å². The Bertz CT molecular complexity index is 123. The molecule has 0 amide bonds. The lowest BCUT2D eigenvalue weighted by molar-refractivity contribution is -0.00742. The van der Waals surface area contributed by atoms with Gasteiger partial charge in [0.15, 0.2) is 0 Å². The molecular formula is C11H24O5S. The van der Waals surface area contributed by atoms with Gasteiger partial charge in [0.25, 0.3) is 0 Å². The zero-order chi connectivity index (χ0) is 12.6. The molecule has 5 nitrogen and oxygen atoms in total. The first-order valence-corrected chi connectivity index (χ1v) is 6.54. The monoisotopic (exact) mass is 268 g/mol. The van der Waals surface area contributed by atoms with E-state index in [4.69, 9.17) is 23.7 Å². The molecule has 0 radical (unpaired) electrons. The molecule has 17 heavy (non-hydrogen) atoms. The predicted octanol–water partition coefficient (Wildman–Crippen LogP) is 0.977. The lowest BCUT2D eigenvalue weighted by Crippen LogP contribution is -2.13. The Hall–Kier alpha value is 0.150. The second-order valence-electron chi connectivity index (χ2n) is 3.07. The summed E-state index contributed by atoms with van der Waals surface area (Å²) in [7, 11) is 0. The molecule has 0 aliphatic heterocycles. The van der Waals surface area contributed by atoms with Crippen LogP contribution in [0.5, 0.6) is 0 Å². The van der Waals surface area contributed by atoms with E-state index in [1.54, 1.807) is 0 Å². The van der Waals surface area contributed by atoms with Gasteiger partial charge in [0, 0.05) is 6.61 Å². The highest BCUT2D eigenvalue weighted by atomic mass is 32.1. The number of thiol groups is 1. The van der Waals surface area contributed by atoms with Crippen molar-refractivity contribution >= 4 is 12.6 Å². The van der Waals surface area contributed by atoms with E-state index in [0.717, 1.165) is 6.61 Å². The first-order valence-electron chi connectivity index (χ1n) is 5.91. The second-order valence-corrected chi connectivity index (χ2v) is 3.33. The maximum absolute atomic E-state index is 5.30. The molecule has 0 N–H and O–H groups in total.